The average molecular weight is 243 g/mol. The molecule has 0 aromatic carbocycles. The summed E-state index contributed by atoms with van der Waals surface area (Å²) in [6.45, 7) is 12.5. The highest BCUT2D eigenvalue weighted by molar-refractivity contribution is 5.67. The van der Waals surface area contributed by atoms with Crippen LogP contribution < -0.4 is 0 Å². The van der Waals surface area contributed by atoms with Crippen molar-refractivity contribution in [2.24, 2.45) is 11.8 Å². The van der Waals surface area contributed by atoms with Crippen LogP contribution in [0.1, 0.15) is 54.4 Å². The molecule has 0 fully saturated rings. The minimum Gasteiger partial charge on any atom is -0.446 e. The normalized spacial score (nSPS) is 14.9. The molecule has 0 spiro atoms. The van der Waals surface area contributed by atoms with Crippen LogP contribution in [-0.4, -0.2) is 30.2 Å². The van der Waals surface area contributed by atoms with Gasteiger partial charge in [-0.25, -0.2) is 4.79 Å². The molecular weight excluding hydrogens is 214 g/mol. The molecule has 3 heteroatoms. The summed E-state index contributed by atoms with van der Waals surface area (Å²) in [5.41, 5.74) is 0. The zero-order valence-electron chi connectivity index (χ0n) is 12.5. The Morgan fingerprint density at radius 3 is 2.00 bits per heavy atom. The van der Waals surface area contributed by atoms with Crippen molar-refractivity contribution in [2.75, 3.05) is 7.05 Å². The fraction of sp³-hybridized carbons (Fsp3) is 0.929. The van der Waals surface area contributed by atoms with E-state index < -0.39 is 0 Å². The molecule has 2 unspecified atom stereocenters. The highest BCUT2D eigenvalue weighted by Crippen LogP contribution is 2.17. The van der Waals surface area contributed by atoms with Gasteiger partial charge in [0.25, 0.3) is 0 Å². The van der Waals surface area contributed by atoms with Crippen LogP contribution in [0.4, 0.5) is 4.79 Å². The first kappa shape index (κ1) is 16.3. The molecule has 0 heterocycles. The molecule has 0 aromatic rings. The van der Waals surface area contributed by atoms with Gasteiger partial charge in [0, 0.05) is 13.1 Å². The molecule has 0 saturated carbocycles. The lowest BCUT2D eigenvalue weighted by molar-refractivity contribution is 0.0406. The summed E-state index contributed by atoms with van der Waals surface area (Å²) in [6, 6.07) is 0.270. The van der Waals surface area contributed by atoms with Crippen LogP contribution in [0.15, 0.2) is 0 Å². The van der Waals surface area contributed by atoms with E-state index in [9.17, 15) is 4.79 Å². The second-order valence-corrected chi connectivity index (χ2v) is 5.54. The topological polar surface area (TPSA) is 29.5 Å². The summed E-state index contributed by atoms with van der Waals surface area (Å²) in [4.78, 5) is 13.7. The molecule has 0 bridgehead atoms. The monoisotopic (exact) mass is 243 g/mol. The Balaban J connectivity index is 4.44. The quantitative estimate of drug-likeness (QED) is 0.707. The maximum absolute atomic E-state index is 12.0. The molecule has 0 saturated heterocycles. The smallest absolute Gasteiger partial charge is 0.410 e. The number of ether oxygens (including phenoxy) is 1. The molecule has 0 N–H and O–H groups in total. The van der Waals surface area contributed by atoms with Crippen LogP contribution in [0.2, 0.25) is 0 Å². The molecule has 0 aliphatic heterocycles. The number of hydrogen-bond acceptors (Lipinski definition) is 2. The average Bonchev–Trinajstić information content (AvgIpc) is 2.24. The van der Waals surface area contributed by atoms with Crippen molar-refractivity contribution in [1.82, 2.24) is 4.90 Å². The maximum atomic E-state index is 12.0. The van der Waals surface area contributed by atoms with E-state index in [4.69, 9.17) is 4.74 Å². The Bertz CT molecular complexity index is 226. The van der Waals surface area contributed by atoms with Gasteiger partial charge in [0.2, 0.25) is 0 Å². The van der Waals surface area contributed by atoms with Crippen LogP contribution in [0.5, 0.6) is 0 Å². The standard InChI is InChI=1S/C14H29NO2/c1-8-9-13(11(4)5)15(7)14(16)17-12(6)10(2)3/h10-13H,8-9H2,1-7H3. The van der Waals surface area contributed by atoms with E-state index in [2.05, 4.69) is 34.6 Å². The lowest BCUT2D eigenvalue weighted by Gasteiger charge is -2.31. The number of hydrogen-bond donors (Lipinski definition) is 0. The molecule has 3 nitrogen and oxygen atoms in total. The van der Waals surface area contributed by atoms with Gasteiger partial charge in [-0.05, 0) is 25.2 Å². The van der Waals surface area contributed by atoms with Crippen molar-refractivity contribution in [1.29, 1.82) is 0 Å². The largest absolute Gasteiger partial charge is 0.446 e. The minimum atomic E-state index is -0.196. The zero-order chi connectivity index (χ0) is 13.6. The first-order valence-electron chi connectivity index (χ1n) is 6.74. The molecule has 0 aromatic heterocycles. The van der Waals surface area contributed by atoms with Crippen molar-refractivity contribution in [2.45, 2.75) is 66.5 Å². The van der Waals surface area contributed by atoms with Crippen molar-refractivity contribution >= 4 is 6.09 Å². The highest BCUT2D eigenvalue weighted by atomic mass is 16.6. The predicted molar refractivity (Wildman–Crippen MR) is 72.1 cm³/mol. The molecule has 0 rings (SSSR count). The summed E-state index contributed by atoms with van der Waals surface area (Å²) in [6.07, 6.45) is 1.89. The number of nitrogens with zero attached hydrogens (tertiary/aromatic N) is 1. The van der Waals surface area contributed by atoms with Crippen LogP contribution in [0, 0.1) is 11.8 Å². The van der Waals surface area contributed by atoms with Crippen LogP contribution in [0.25, 0.3) is 0 Å². The summed E-state index contributed by atoms with van der Waals surface area (Å²) in [7, 11) is 1.84. The summed E-state index contributed by atoms with van der Waals surface area (Å²) in [5.74, 6) is 0.817. The molecular formula is C14H29NO2. The van der Waals surface area contributed by atoms with E-state index in [1.165, 1.54) is 0 Å². The first-order chi connectivity index (χ1) is 7.81. The number of carbonyl (C=O) groups is 1. The van der Waals surface area contributed by atoms with Crippen LogP contribution in [0.3, 0.4) is 0 Å². The third kappa shape index (κ3) is 5.42. The van der Waals surface area contributed by atoms with E-state index in [1.54, 1.807) is 4.90 Å². The second-order valence-electron chi connectivity index (χ2n) is 5.54. The summed E-state index contributed by atoms with van der Waals surface area (Å²) in [5, 5.41) is 0. The third-order valence-corrected chi connectivity index (χ3v) is 3.36. The number of amides is 1. The molecule has 17 heavy (non-hydrogen) atoms. The van der Waals surface area contributed by atoms with Gasteiger partial charge < -0.3 is 9.64 Å². The van der Waals surface area contributed by atoms with Crippen molar-refractivity contribution in [3.05, 3.63) is 0 Å². The van der Waals surface area contributed by atoms with E-state index in [0.717, 1.165) is 12.8 Å². The van der Waals surface area contributed by atoms with Crippen LogP contribution >= 0.6 is 0 Å². The molecule has 1 amide bonds. The minimum absolute atomic E-state index is 0.0283. The van der Waals surface area contributed by atoms with Gasteiger partial charge in [0.05, 0.1) is 0 Å². The Morgan fingerprint density at radius 2 is 1.65 bits per heavy atom. The summed E-state index contributed by atoms with van der Waals surface area (Å²) < 4.78 is 5.44. The molecule has 2 atom stereocenters. The van der Waals surface area contributed by atoms with E-state index in [1.807, 2.05) is 14.0 Å². The highest BCUT2D eigenvalue weighted by Gasteiger charge is 2.25. The van der Waals surface area contributed by atoms with Crippen molar-refractivity contribution < 1.29 is 9.53 Å². The fourth-order valence-electron chi connectivity index (χ4n) is 1.78. The zero-order valence-corrected chi connectivity index (χ0v) is 12.5. The van der Waals surface area contributed by atoms with Gasteiger partial charge in [-0.3, -0.25) is 0 Å². The van der Waals surface area contributed by atoms with Gasteiger partial charge in [0.1, 0.15) is 6.10 Å². The molecule has 0 radical (unpaired) electrons. The van der Waals surface area contributed by atoms with E-state index >= 15 is 0 Å². The number of rotatable bonds is 6. The van der Waals surface area contributed by atoms with Crippen LogP contribution in [-0.2, 0) is 4.74 Å². The van der Waals surface area contributed by atoms with Crippen molar-refractivity contribution in [3.63, 3.8) is 0 Å². The molecule has 0 aliphatic rings. The fourth-order valence-corrected chi connectivity index (χ4v) is 1.78. The van der Waals surface area contributed by atoms with E-state index in [-0.39, 0.29) is 18.2 Å². The molecule has 102 valence electrons. The van der Waals surface area contributed by atoms with Gasteiger partial charge in [-0.15, -0.1) is 0 Å². The van der Waals surface area contributed by atoms with Gasteiger partial charge in [-0.2, -0.15) is 0 Å². The number of carbonyl (C=O) groups excluding carboxylic acids is 1. The SMILES string of the molecule is CCCC(C(C)C)N(C)C(=O)OC(C)C(C)C. The summed E-state index contributed by atoms with van der Waals surface area (Å²) >= 11 is 0. The van der Waals surface area contributed by atoms with E-state index in [0.29, 0.717) is 11.8 Å². The van der Waals surface area contributed by atoms with Gasteiger partial charge in [0.15, 0.2) is 0 Å². The van der Waals surface area contributed by atoms with Crippen molar-refractivity contribution in [3.8, 4) is 0 Å². The third-order valence-electron chi connectivity index (χ3n) is 3.36. The Labute approximate surface area is 107 Å². The predicted octanol–water partition coefficient (Wildman–Crippen LogP) is 3.92. The Hall–Kier alpha value is -0.730. The lowest BCUT2D eigenvalue weighted by atomic mass is 9.98. The van der Waals surface area contributed by atoms with Gasteiger partial charge >= 0.3 is 6.09 Å². The Kier molecular flexibility index (Phi) is 7.24. The maximum Gasteiger partial charge on any atom is 0.410 e. The molecule has 0 aliphatic carbocycles. The van der Waals surface area contributed by atoms with Gasteiger partial charge in [-0.1, -0.05) is 41.0 Å². The second kappa shape index (κ2) is 7.57. The lowest BCUT2D eigenvalue weighted by Crippen LogP contribution is -2.42. The first-order valence-corrected chi connectivity index (χ1v) is 6.74. The Morgan fingerprint density at radius 1 is 1.12 bits per heavy atom.